The number of hydrogen-bond donors (Lipinski definition) is 1. The number of carbonyl (C=O) groups is 4. The van der Waals surface area contributed by atoms with Gasteiger partial charge < -0.3 is 14.1 Å². The van der Waals surface area contributed by atoms with E-state index in [2.05, 4.69) is 10.3 Å². The summed E-state index contributed by atoms with van der Waals surface area (Å²) < 4.78 is 9.84. The van der Waals surface area contributed by atoms with Crippen molar-refractivity contribution in [3.8, 4) is 0 Å². The van der Waals surface area contributed by atoms with Crippen LogP contribution in [0.5, 0.6) is 0 Å². The molecule has 1 saturated heterocycles. The van der Waals surface area contributed by atoms with Crippen molar-refractivity contribution in [2.75, 3.05) is 19.0 Å². The molecule has 1 N–H and O–H groups in total. The number of anilines is 1. The fourth-order valence-corrected chi connectivity index (χ4v) is 4.71. The lowest BCUT2D eigenvalue weighted by Crippen LogP contribution is -2.45. The van der Waals surface area contributed by atoms with Crippen LogP contribution in [-0.2, 0) is 20.7 Å². The fraction of sp³-hybridized carbons (Fsp3) is 0.421. The molecule has 29 heavy (non-hydrogen) atoms. The van der Waals surface area contributed by atoms with Crippen LogP contribution in [0.2, 0.25) is 0 Å². The van der Waals surface area contributed by atoms with Gasteiger partial charge in [0, 0.05) is 19.4 Å². The number of rotatable bonds is 4. The van der Waals surface area contributed by atoms with Crippen LogP contribution in [-0.4, -0.2) is 53.1 Å². The highest BCUT2D eigenvalue weighted by Crippen LogP contribution is 2.34. The van der Waals surface area contributed by atoms with Gasteiger partial charge in [0.1, 0.15) is 6.04 Å². The SMILES string of the molecule is COC(=O)[C@@H]1CCCN1C(=O)[C@@H]1CC(=O)c2sc(NC(=O)c3ccco3)nc2C1. The number of carbonyl (C=O) groups excluding carboxylic acids is 4. The Kier molecular flexibility index (Phi) is 5.18. The number of fused-ring (bicyclic) bond motifs is 1. The first-order valence-corrected chi connectivity index (χ1v) is 10.1. The van der Waals surface area contributed by atoms with Crippen LogP contribution in [0.1, 0.15) is 45.2 Å². The van der Waals surface area contributed by atoms with Gasteiger partial charge in [0.25, 0.3) is 5.91 Å². The Morgan fingerprint density at radius 1 is 1.34 bits per heavy atom. The minimum atomic E-state index is -0.595. The second kappa shape index (κ2) is 7.78. The van der Waals surface area contributed by atoms with Crippen molar-refractivity contribution in [3.05, 3.63) is 34.7 Å². The molecule has 4 rings (SSSR count). The maximum absolute atomic E-state index is 13.0. The van der Waals surface area contributed by atoms with Crippen LogP contribution in [0.3, 0.4) is 0 Å². The van der Waals surface area contributed by atoms with E-state index in [9.17, 15) is 19.2 Å². The van der Waals surface area contributed by atoms with Crippen molar-refractivity contribution >= 4 is 40.0 Å². The van der Waals surface area contributed by atoms with Gasteiger partial charge >= 0.3 is 5.97 Å². The second-order valence-electron chi connectivity index (χ2n) is 6.97. The zero-order chi connectivity index (χ0) is 20.5. The quantitative estimate of drug-likeness (QED) is 0.755. The molecule has 152 valence electrons. The largest absolute Gasteiger partial charge is 0.467 e. The number of likely N-dealkylation sites (tertiary alicyclic amines) is 1. The normalized spacial score (nSPS) is 21.0. The van der Waals surface area contributed by atoms with Gasteiger partial charge in [-0.05, 0) is 25.0 Å². The van der Waals surface area contributed by atoms with Gasteiger partial charge in [-0.15, -0.1) is 0 Å². The number of nitrogens with one attached hydrogen (secondary N) is 1. The predicted molar refractivity (Wildman–Crippen MR) is 102 cm³/mol. The number of ether oxygens (including phenoxy) is 1. The summed E-state index contributed by atoms with van der Waals surface area (Å²) >= 11 is 1.09. The van der Waals surface area contributed by atoms with Crippen molar-refractivity contribution in [3.63, 3.8) is 0 Å². The summed E-state index contributed by atoms with van der Waals surface area (Å²) in [5.74, 6) is -1.74. The first kappa shape index (κ1) is 19.3. The van der Waals surface area contributed by atoms with E-state index in [4.69, 9.17) is 9.15 Å². The second-order valence-corrected chi connectivity index (χ2v) is 7.97. The standard InChI is InChI=1S/C19H19N3O6S/c1-27-18(26)12-4-2-6-22(12)17(25)10-8-11-15(13(23)9-10)29-19(20-11)21-16(24)14-5-3-7-28-14/h3,5,7,10,12H,2,4,6,8-9H2,1H3,(H,20,21,24)/t10-,12-/m0/s1. The van der Waals surface area contributed by atoms with E-state index in [1.54, 1.807) is 6.07 Å². The van der Waals surface area contributed by atoms with Gasteiger partial charge in [0.2, 0.25) is 5.91 Å². The molecule has 2 amide bonds. The number of ketones is 1. The van der Waals surface area contributed by atoms with Gasteiger partial charge in [-0.25, -0.2) is 9.78 Å². The van der Waals surface area contributed by atoms with Crippen molar-refractivity contribution < 1.29 is 28.3 Å². The summed E-state index contributed by atoms with van der Waals surface area (Å²) in [4.78, 5) is 55.9. The molecule has 10 heteroatoms. The highest BCUT2D eigenvalue weighted by atomic mass is 32.1. The summed E-state index contributed by atoms with van der Waals surface area (Å²) in [6.45, 7) is 0.470. The zero-order valence-corrected chi connectivity index (χ0v) is 16.5. The zero-order valence-electron chi connectivity index (χ0n) is 15.7. The van der Waals surface area contributed by atoms with Crippen LogP contribution in [0.15, 0.2) is 22.8 Å². The maximum Gasteiger partial charge on any atom is 0.328 e. The Bertz CT molecular complexity index is 967. The molecule has 0 radical (unpaired) electrons. The third-order valence-electron chi connectivity index (χ3n) is 5.15. The molecule has 2 aromatic rings. The average molecular weight is 417 g/mol. The van der Waals surface area contributed by atoms with E-state index in [1.807, 2.05) is 0 Å². The van der Waals surface area contributed by atoms with Crippen LogP contribution >= 0.6 is 11.3 Å². The van der Waals surface area contributed by atoms with E-state index in [-0.39, 0.29) is 35.4 Å². The van der Waals surface area contributed by atoms with E-state index in [0.29, 0.717) is 23.5 Å². The molecule has 2 atom stereocenters. The van der Waals surface area contributed by atoms with Crippen molar-refractivity contribution in [2.24, 2.45) is 5.92 Å². The predicted octanol–water partition coefficient (Wildman–Crippen LogP) is 1.90. The number of furan rings is 1. The third kappa shape index (κ3) is 3.67. The summed E-state index contributed by atoms with van der Waals surface area (Å²) in [5, 5.41) is 2.90. The molecule has 1 aliphatic heterocycles. The number of aromatic nitrogens is 1. The topological polar surface area (TPSA) is 119 Å². The number of esters is 1. The Morgan fingerprint density at radius 2 is 2.17 bits per heavy atom. The first-order chi connectivity index (χ1) is 14.0. The summed E-state index contributed by atoms with van der Waals surface area (Å²) in [5.41, 5.74) is 0.494. The average Bonchev–Trinajstić information content (AvgIpc) is 3.46. The van der Waals surface area contributed by atoms with Gasteiger partial charge in [-0.3, -0.25) is 19.7 Å². The molecule has 9 nitrogen and oxygen atoms in total. The van der Waals surface area contributed by atoms with E-state index in [0.717, 1.165) is 17.8 Å². The molecular formula is C19H19N3O6S. The Morgan fingerprint density at radius 3 is 2.90 bits per heavy atom. The summed E-state index contributed by atoms with van der Waals surface area (Å²) in [6.07, 6.45) is 3.02. The Hall–Kier alpha value is -3.01. The minimum Gasteiger partial charge on any atom is -0.467 e. The Balaban J connectivity index is 1.49. The number of Topliss-reactive ketones (excluding diaryl/α,β-unsaturated/α-hetero) is 1. The van der Waals surface area contributed by atoms with E-state index in [1.165, 1.54) is 24.3 Å². The van der Waals surface area contributed by atoms with Crippen LogP contribution in [0.25, 0.3) is 0 Å². The highest BCUT2D eigenvalue weighted by Gasteiger charge is 2.41. The molecule has 0 spiro atoms. The summed E-state index contributed by atoms with van der Waals surface area (Å²) in [6, 6.07) is 2.53. The van der Waals surface area contributed by atoms with E-state index < -0.39 is 23.8 Å². The maximum atomic E-state index is 13.0. The lowest BCUT2D eigenvalue weighted by atomic mass is 9.88. The van der Waals surface area contributed by atoms with Crippen molar-refractivity contribution in [2.45, 2.75) is 31.7 Å². The lowest BCUT2D eigenvalue weighted by molar-refractivity contribution is -0.152. The van der Waals surface area contributed by atoms with Gasteiger partial charge in [0.05, 0.1) is 29.9 Å². The monoisotopic (exact) mass is 417 g/mol. The van der Waals surface area contributed by atoms with Crippen LogP contribution < -0.4 is 5.32 Å². The van der Waals surface area contributed by atoms with Gasteiger partial charge in [0.15, 0.2) is 16.7 Å². The lowest BCUT2D eigenvalue weighted by Gasteiger charge is -2.28. The number of amides is 2. The number of nitrogens with zero attached hydrogens (tertiary/aromatic N) is 2. The highest BCUT2D eigenvalue weighted by molar-refractivity contribution is 7.17. The molecule has 1 aliphatic carbocycles. The number of hydrogen-bond acceptors (Lipinski definition) is 8. The number of thiazole rings is 1. The van der Waals surface area contributed by atoms with Crippen molar-refractivity contribution in [1.29, 1.82) is 0 Å². The third-order valence-corrected chi connectivity index (χ3v) is 6.20. The minimum absolute atomic E-state index is 0.0595. The van der Waals surface area contributed by atoms with Crippen molar-refractivity contribution in [1.82, 2.24) is 9.88 Å². The van der Waals surface area contributed by atoms with E-state index >= 15 is 0 Å². The molecule has 0 saturated carbocycles. The van der Waals surface area contributed by atoms with Gasteiger partial charge in [-0.1, -0.05) is 11.3 Å². The molecular weight excluding hydrogens is 398 g/mol. The molecule has 1 fully saturated rings. The first-order valence-electron chi connectivity index (χ1n) is 9.24. The molecule has 2 aromatic heterocycles. The van der Waals surface area contributed by atoms with Crippen LogP contribution in [0, 0.1) is 5.92 Å². The number of methoxy groups -OCH3 is 1. The molecule has 0 unspecified atom stereocenters. The Labute approximate surface area is 170 Å². The smallest absolute Gasteiger partial charge is 0.328 e. The molecule has 2 aliphatic rings. The fourth-order valence-electron chi connectivity index (χ4n) is 3.77. The van der Waals surface area contributed by atoms with Gasteiger partial charge in [-0.2, -0.15) is 0 Å². The summed E-state index contributed by atoms with van der Waals surface area (Å²) in [7, 11) is 1.30. The molecule has 0 aromatic carbocycles. The van der Waals surface area contributed by atoms with Crippen LogP contribution in [0.4, 0.5) is 5.13 Å². The molecule has 0 bridgehead atoms. The molecule has 3 heterocycles.